The maximum Gasteiger partial charge on any atom is 0.264 e. The number of aromatic nitrogens is 3. The highest BCUT2D eigenvalue weighted by Crippen LogP contribution is 2.45. The molecule has 0 radical (unpaired) electrons. The number of pyridine rings is 1. The first-order valence-electron chi connectivity index (χ1n) is 14.2. The lowest BCUT2D eigenvalue weighted by atomic mass is 9.93. The number of hydrogen-bond acceptors (Lipinski definition) is 9. The number of nitrogens with one attached hydrogen (secondary N) is 1. The monoisotopic (exact) mass is 641 g/mol. The first-order valence-corrected chi connectivity index (χ1v) is 15.0. The Labute approximate surface area is 267 Å². The number of anilines is 1. The lowest BCUT2D eigenvalue weighted by Crippen LogP contribution is -2.61. The van der Waals surface area contributed by atoms with Gasteiger partial charge in [0, 0.05) is 62.5 Å². The molecule has 1 aliphatic rings. The van der Waals surface area contributed by atoms with Gasteiger partial charge < -0.3 is 19.7 Å². The number of nitrogens with zero attached hydrogens (tertiary/aromatic N) is 6. The summed E-state index contributed by atoms with van der Waals surface area (Å²) in [6, 6.07) is 5.37. The number of methoxy groups -OCH3 is 2. The van der Waals surface area contributed by atoms with Crippen molar-refractivity contribution in [2.75, 3.05) is 52.8 Å². The zero-order chi connectivity index (χ0) is 32.3. The molecule has 0 unspecified atom stereocenters. The third kappa shape index (κ3) is 6.62. The Balaban J connectivity index is 1.68. The SMILES string of the molecule is CCN(CCn1c(=O)c(-c2c(Cl)c(OC)cc(OC)c2Cl)cc2cnc(NC)nc21)C1CN(C(=O)/C(C#N)=C\C(C)(C)C)C1. The summed E-state index contributed by atoms with van der Waals surface area (Å²) in [4.78, 5) is 40.0. The van der Waals surface area contributed by atoms with Gasteiger partial charge in [-0.05, 0) is 18.0 Å². The van der Waals surface area contributed by atoms with E-state index in [2.05, 4.69) is 26.3 Å². The van der Waals surface area contributed by atoms with E-state index in [0.29, 0.717) is 66.8 Å². The van der Waals surface area contributed by atoms with Gasteiger partial charge in [0.1, 0.15) is 28.8 Å². The van der Waals surface area contributed by atoms with Crippen molar-refractivity contribution in [1.82, 2.24) is 24.3 Å². The summed E-state index contributed by atoms with van der Waals surface area (Å²) in [5.41, 5.74) is 0.521. The minimum Gasteiger partial charge on any atom is -0.495 e. The lowest BCUT2D eigenvalue weighted by molar-refractivity contribution is -0.134. The maximum absolute atomic E-state index is 14.2. The molecule has 13 heteroatoms. The molecule has 11 nitrogen and oxygen atoms in total. The van der Waals surface area contributed by atoms with Gasteiger partial charge >= 0.3 is 0 Å². The highest BCUT2D eigenvalue weighted by atomic mass is 35.5. The van der Waals surface area contributed by atoms with E-state index >= 15 is 0 Å². The summed E-state index contributed by atoms with van der Waals surface area (Å²) in [6.45, 7) is 10.4. The van der Waals surface area contributed by atoms with E-state index in [0.717, 1.165) is 0 Å². The maximum atomic E-state index is 14.2. The molecule has 1 aromatic carbocycles. The molecule has 1 saturated heterocycles. The number of benzene rings is 1. The van der Waals surface area contributed by atoms with E-state index in [-0.39, 0.29) is 44.1 Å². The van der Waals surface area contributed by atoms with Crippen LogP contribution < -0.4 is 20.3 Å². The van der Waals surface area contributed by atoms with Gasteiger partial charge in [-0.1, -0.05) is 57.0 Å². The van der Waals surface area contributed by atoms with Gasteiger partial charge in [-0.15, -0.1) is 0 Å². The summed E-state index contributed by atoms with van der Waals surface area (Å²) in [6.07, 6.45) is 3.35. The number of rotatable bonds is 10. The van der Waals surface area contributed by atoms with Crippen LogP contribution in [0.2, 0.25) is 10.0 Å². The Morgan fingerprint density at radius 2 is 1.84 bits per heavy atom. The summed E-state index contributed by atoms with van der Waals surface area (Å²) < 4.78 is 12.5. The van der Waals surface area contributed by atoms with Crippen LogP contribution in [0.15, 0.2) is 34.8 Å². The Morgan fingerprint density at radius 1 is 1.20 bits per heavy atom. The van der Waals surface area contributed by atoms with E-state index in [1.165, 1.54) is 14.2 Å². The van der Waals surface area contributed by atoms with Crippen LogP contribution in [0.3, 0.4) is 0 Å². The number of carbonyl (C=O) groups is 1. The number of allylic oxidation sites excluding steroid dienone is 1. The van der Waals surface area contributed by atoms with Crippen molar-refractivity contribution in [3.8, 4) is 28.7 Å². The summed E-state index contributed by atoms with van der Waals surface area (Å²) in [7, 11) is 4.65. The van der Waals surface area contributed by atoms with Crippen LogP contribution in [0.5, 0.6) is 11.5 Å². The molecule has 1 fully saturated rings. The fraction of sp³-hybridized carbons (Fsp3) is 0.452. The van der Waals surface area contributed by atoms with Gasteiger partial charge in [0.2, 0.25) is 5.95 Å². The highest BCUT2D eigenvalue weighted by Gasteiger charge is 2.36. The molecule has 4 rings (SSSR count). The van der Waals surface area contributed by atoms with E-state index in [1.54, 1.807) is 40.9 Å². The van der Waals surface area contributed by atoms with E-state index in [9.17, 15) is 14.9 Å². The summed E-state index contributed by atoms with van der Waals surface area (Å²) >= 11 is 13.4. The first kappa shape index (κ1) is 33.1. The van der Waals surface area contributed by atoms with Gasteiger partial charge in [-0.3, -0.25) is 19.1 Å². The third-order valence-electron chi connectivity index (χ3n) is 7.50. The van der Waals surface area contributed by atoms with E-state index in [4.69, 9.17) is 32.7 Å². The quantitative estimate of drug-likeness (QED) is 0.244. The van der Waals surface area contributed by atoms with Crippen LogP contribution in [0.4, 0.5) is 5.95 Å². The highest BCUT2D eigenvalue weighted by molar-refractivity contribution is 6.41. The zero-order valence-electron chi connectivity index (χ0n) is 26.0. The molecule has 2 aromatic heterocycles. The topological polar surface area (TPSA) is 126 Å². The van der Waals surface area contributed by atoms with Crippen LogP contribution >= 0.6 is 23.2 Å². The molecule has 0 spiro atoms. The molecule has 1 amide bonds. The number of likely N-dealkylation sites (N-methyl/N-ethyl adjacent to an activating group) is 1. The number of fused-ring (bicyclic) bond motifs is 1. The predicted octanol–water partition coefficient (Wildman–Crippen LogP) is 4.85. The van der Waals surface area contributed by atoms with Gasteiger partial charge in [0.05, 0.1) is 29.8 Å². The average Bonchev–Trinajstić information content (AvgIpc) is 2.97. The van der Waals surface area contributed by atoms with Crippen LogP contribution in [0.25, 0.3) is 22.2 Å². The van der Waals surface area contributed by atoms with E-state index < -0.39 is 0 Å². The van der Waals surface area contributed by atoms with Crippen molar-refractivity contribution in [2.45, 2.75) is 40.3 Å². The van der Waals surface area contributed by atoms with Crippen LogP contribution in [-0.2, 0) is 11.3 Å². The number of nitriles is 1. The third-order valence-corrected chi connectivity index (χ3v) is 8.26. The Hall–Kier alpha value is -3.85. The molecule has 1 aliphatic heterocycles. The molecule has 0 aliphatic carbocycles. The minimum atomic E-state index is -0.343. The second-order valence-corrected chi connectivity index (χ2v) is 12.3. The van der Waals surface area contributed by atoms with Gasteiger partial charge in [-0.25, -0.2) is 4.98 Å². The molecule has 44 heavy (non-hydrogen) atoms. The molecule has 1 N–H and O–H groups in total. The molecule has 0 bridgehead atoms. The molecular weight excluding hydrogens is 605 g/mol. The standard InChI is InChI=1S/C31H37Cl2N7O4/c1-8-38(20-16-39(17-20)28(41)19(14-34)13-31(2,3)4)9-10-40-27-18(15-36-30(35-5)37-27)11-21(29(40)42)24-25(32)22(43-6)12-23(44-7)26(24)33/h11-13,15,20H,8-10,16-17H2,1-7H3,(H,35,36,37)/b19-13-. The number of likely N-dealkylation sites (tertiary alicyclic amines) is 1. The van der Waals surface area contributed by atoms with Gasteiger partial charge in [-0.2, -0.15) is 10.2 Å². The largest absolute Gasteiger partial charge is 0.495 e. The first-order chi connectivity index (χ1) is 20.9. The number of amides is 1. The molecule has 3 heterocycles. The van der Waals surface area contributed by atoms with Crippen LogP contribution in [0, 0.1) is 16.7 Å². The van der Waals surface area contributed by atoms with Crippen molar-refractivity contribution < 1.29 is 14.3 Å². The minimum absolute atomic E-state index is 0.0812. The smallest absolute Gasteiger partial charge is 0.264 e. The summed E-state index contributed by atoms with van der Waals surface area (Å²) in [5.74, 6) is 0.737. The number of hydrogen-bond donors (Lipinski definition) is 1. The molecule has 234 valence electrons. The van der Waals surface area contributed by atoms with E-state index in [1.807, 2.05) is 27.7 Å². The van der Waals surface area contributed by atoms with Crippen molar-refractivity contribution in [3.63, 3.8) is 0 Å². The average molecular weight is 643 g/mol. The second kappa shape index (κ2) is 13.4. The Morgan fingerprint density at radius 3 is 2.36 bits per heavy atom. The Kier molecular flexibility index (Phi) is 10.1. The molecule has 0 atom stereocenters. The van der Waals surface area contributed by atoms with Crippen molar-refractivity contribution >= 4 is 46.1 Å². The fourth-order valence-corrected chi connectivity index (χ4v) is 5.92. The second-order valence-electron chi connectivity index (χ2n) is 11.5. The summed E-state index contributed by atoms with van der Waals surface area (Å²) in [5, 5.41) is 13.5. The Bertz CT molecular complexity index is 1670. The normalized spacial score (nSPS) is 14.0. The number of carbonyl (C=O) groups excluding carboxylic acids is 1. The number of ether oxygens (including phenoxy) is 2. The lowest BCUT2D eigenvalue weighted by Gasteiger charge is -2.45. The van der Waals surface area contributed by atoms with Crippen molar-refractivity contribution in [2.24, 2.45) is 5.41 Å². The van der Waals surface area contributed by atoms with Crippen molar-refractivity contribution in [1.29, 1.82) is 5.26 Å². The predicted molar refractivity (Wildman–Crippen MR) is 173 cm³/mol. The van der Waals surface area contributed by atoms with Crippen LogP contribution in [0.1, 0.15) is 27.7 Å². The van der Waals surface area contributed by atoms with Crippen LogP contribution in [-0.4, -0.2) is 83.7 Å². The fourth-order valence-electron chi connectivity index (χ4n) is 5.21. The van der Waals surface area contributed by atoms with Crippen molar-refractivity contribution in [3.05, 3.63) is 50.4 Å². The number of halogens is 2. The zero-order valence-corrected chi connectivity index (χ0v) is 27.5. The van der Waals surface area contributed by atoms with Gasteiger partial charge in [0.25, 0.3) is 11.5 Å². The molecular formula is C31H37Cl2N7O4. The molecule has 3 aromatic rings. The van der Waals surface area contributed by atoms with Gasteiger partial charge in [0.15, 0.2) is 0 Å². The molecule has 0 saturated carbocycles.